The summed E-state index contributed by atoms with van der Waals surface area (Å²) in [5, 5.41) is 10.8. The minimum Gasteiger partial charge on any atom is -0.337 e. The summed E-state index contributed by atoms with van der Waals surface area (Å²) in [6.45, 7) is 0. The van der Waals surface area contributed by atoms with Gasteiger partial charge in [0.15, 0.2) is 5.82 Å². The lowest BCUT2D eigenvalue weighted by atomic mass is 10.2. The summed E-state index contributed by atoms with van der Waals surface area (Å²) in [5.74, 6) is 0.338. The third-order valence-corrected chi connectivity index (χ3v) is 3.59. The van der Waals surface area contributed by atoms with E-state index < -0.39 is 11.7 Å². The fraction of sp³-hybridized carbons (Fsp3) is 0.0625. The number of aromatic nitrogens is 4. The minimum absolute atomic E-state index is 0.275. The maximum absolute atomic E-state index is 12.8. The molecule has 0 bridgehead atoms. The second-order valence-electron chi connectivity index (χ2n) is 5.18. The van der Waals surface area contributed by atoms with Crippen molar-refractivity contribution in [2.45, 2.75) is 6.18 Å². The van der Waals surface area contributed by atoms with Crippen LogP contribution in [0.3, 0.4) is 0 Å². The van der Waals surface area contributed by atoms with Crippen LogP contribution < -0.4 is 5.32 Å². The quantitative estimate of drug-likeness (QED) is 0.603. The Balaban J connectivity index is 1.83. The molecule has 5 nitrogen and oxygen atoms in total. The average molecular weight is 329 g/mol. The zero-order chi connectivity index (χ0) is 16.7. The molecule has 2 aromatic carbocycles. The van der Waals surface area contributed by atoms with Crippen molar-refractivity contribution in [3.63, 3.8) is 0 Å². The van der Waals surface area contributed by atoms with Gasteiger partial charge in [0, 0.05) is 5.69 Å². The van der Waals surface area contributed by atoms with Crippen LogP contribution >= 0.6 is 0 Å². The van der Waals surface area contributed by atoms with E-state index in [0.717, 1.165) is 17.6 Å². The molecule has 0 aliphatic heterocycles. The number of hydrogen-bond acceptors (Lipinski definition) is 4. The molecule has 2 heterocycles. The van der Waals surface area contributed by atoms with Gasteiger partial charge in [-0.05, 0) is 30.3 Å². The Kier molecular flexibility index (Phi) is 3.12. The lowest BCUT2D eigenvalue weighted by Crippen LogP contribution is -2.06. The molecule has 0 aliphatic carbocycles. The molecule has 0 amide bonds. The van der Waals surface area contributed by atoms with Crippen molar-refractivity contribution in [3.8, 4) is 0 Å². The molecule has 0 spiro atoms. The van der Waals surface area contributed by atoms with E-state index in [1.165, 1.54) is 12.4 Å². The van der Waals surface area contributed by atoms with Gasteiger partial charge in [0.1, 0.15) is 6.33 Å². The first-order valence-electron chi connectivity index (χ1n) is 7.05. The summed E-state index contributed by atoms with van der Waals surface area (Å²) in [5.41, 5.74) is 1.47. The van der Waals surface area contributed by atoms with Crippen LogP contribution in [0.15, 0.2) is 54.9 Å². The van der Waals surface area contributed by atoms with Crippen LogP contribution in [0.1, 0.15) is 5.56 Å². The van der Waals surface area contributed by atoms with Gasteiger partial charge in [-0.15, -0.1) is 10.2 Å². The van der Waals surface area contributed by atoms with Crippen molar-refractivity contribution in [1.82, 2.24) is 19.6 Å². The molecule has 1 N–H and O–H groups in total. The number of benzene rings is 2. The fourth-order valence-corrected chi connectivity index (χ4v) is 2.50. The Bertz CT molecular complexity index is 1040. The van der Waals surface area contributed by atoms with Gasteiger partial charge in [0.05, 0.1) is 16.6 Å². The summed E-state index contributed by atoms with van der Waals surface area (Å²) < 4.78 is 40.3. The van der Waals surface area contributed by atoms with Crippen molar-refractivity contribution in [2.24, 2.45) is 0 Å². The number of para-hydroxylation sites is 2. The van der Waals surface area contributed by atoms with E-state index in [0.29, 0.717) is 17.0 Å². The first-order valence-corrected chi connectivity index (χ1v) is 7.05. The number of alkyl halides is 3. The topological polar surface area (TPSA) is 55.1 Å². The summed E-state index contributed by atoms with van der Waals surface area (Å²) in [7, 11) is 0. The van der Waals surface area contributed by atoms with Crippen LogP contribution in [0.4, 0.5) is 24.7 Å². The fourth-order valence-electron chi connectivity index (χ4n) is 2.50. The van der Waals surface area contributed by atoms with Crippen LogP contribution in [0.5, 0.6) is 0 Å². The second kappa shape index (κ2) is 5.19. The lowest BCUT2D eigenvalue weighted by molar-refractivity contribution is -0.137. The molecule has 24 heavy (non-hydrogen) atoms. The van der Waals surface area contributed by atoms with Crippen molar-refractivity contribution >= 4 is 28.2 Å². The second-order valence-corrected chi connectivity index (χ2v) is 5.18. The van der Waals surface area contributed by atoms with Gasteiger partial charge in [-0.2, -0.15) is 13.2 Å². The molecular formula is C16H10F3N5. The van der Waals surface area contributed by atoms with Crippen LogP contribution in [0.2, 0.25) is 0 Å². The first-order chi connectivity index (χ1) is 11.5. The van der Waals surface area contributed by atoms with Crippen LogP contribution in [-0.4, -0.2) is 19.6 Å². The summed E-state index contributed by atoms with van der Waals surface area (Å²) >= 11 is 0. The zero-order valence-electron chi connectivity index (χ0n) is 12.1. The molecule has 0 radical (unpaired) electrons. The highest BCUT2D eigenvalue weighted by atomic mass is 19.4. The third-order valence-electron chi connectivity index (χ3n) is 3.59. The number of anilines is 2. The maximum atomic E-state index is 12.8. The van der Waals surface area contributed by atoms with Crippen molar-refractivity contribution < 1.29 is 13.2 Å². The molecule has 4 aromatic rings. The van der Waals surface area contributed by atoms with Crippen molar-refractivity contribution in [2.75, 3.05) is 5.32 Å². The van der Waals surface area contributed by atoms with E-state index in [4.69, 9.17) is 0 Å². The standard InChI is InChI=1S/C16H10F3N5/c17-16(18,19)10-4-3-5-11(8-10)21-14-15-23-20-9-24(15)13-7-2-1-6-12(13)22-14/h1-9H,(H,21,22). The number of nitrogens with one attached hydrogen (secondary N) is 1. The average Bonchev–Trinajstić information content (AvgIpc) is 3.05. The van der Waals surface area contributed by atoms with Gasteiger partial charge < -0.3 is 5.32 Å². The lowest BCUT2D eigenvalue weighted by Gasteiger charge is -2.11. The van der Waals surface area contributed by atoms with Crippen LogP contribution in [0, 0.1) is 0 Å². The van der Waals surface area contributed by atoms with Crippen molar-refractivity contribution in [1.29, 1.82) is 0 Å². The zero-order valence-corrected chi connectivity index (χ0v) is 12.1. The minimum atomic E-state index is -4.40. The highest BCUT2D eigenvalue weighted by molar-refractivity contribution is 5.84. The molecule has 0 unspecified atom stereocenters. The maximum Gasteiger partial charge on any atom is 0.416 e. The number of fused-ring (bicyclic) bond motifs is 3. The van der Waals surface area contributed by atoms with Gasteiger partial charge in [0.2, 0.25) is 5.65 Å². The van der Waals surface area contributed by atoms with Gasteiger partial charge >= 0.3 is 6.18 Å². The molecule has 0 fully saturated rings. The number of halogens is 3. The Hall–Kier alpha value is -3.16. The van der Waals surface area contributed by atoms with E-state index in [9.17, 15) is 13.2 Å². The molecule has 0 saturated heterocycles. The predicted octanol–water partition coefficient (Wildman–Crippen LogP) is 4.04. The number of rotatable bonds is 2. The van der Waals surface area contributed by atoms with Gasteiger partial charge in [0.25, 0.3) is 0 Å². The van der Waals surface area contributed by atoms with Gasteiger partial charge in [-0.3, -0.25) is 4.40 Å². The Morgan fingerprint density at radius 2 is 1.83 bits per heavy atom. The van der Waals surface area contributed by atoms with E-state index in [1.54, 1.807) is 10.5 Å². The van der Waals surface area contributed by atoms with Gasteiger partial charge in [-0.25, -0.2) is 4.98 Å². The molecule has 0 saturated carbocycles. The van der Waals surface area contributed by atoms with Gasteiger partial charge in [-0.1, -0.05) is 18.2 Å². The first kappa shape index (κ1) is 14.4. The molecular weight excluding hydrogens is 319 g/mol. The predicted molar refractivity (Wildman–Crippen MR) is 83.0 cm³/mol. The highest BCUT2D eigenvalue weighted by Crippen LogP contribution is 2.31. The molecule has 4 rings (SSSR count). The van der Waals surface area contributed by atoms with Crippen LogP contribution in [-0.2, 0) is 6.18 Å². The molecule has 0 aliphatic rings. The summed E-state index contributed by atoms with van der Waals surface area (Å²) in [4.78, 5) is 4.45. The SMILES string of the molecule is FC(F)(F)c1cccc(Nc2nc3ccccc3n3cnnc23)c1. The molecule has 8 heteroatoms. The smallest absolute Gasteiger partial charge is 0.337 e. The monoisotopic (exact) mass is 329 g/mol. The molecule has 2 aromatic heterocycles. The summed E-state index contributed by atoms with van der Waals surface area (Å²) in [6.07, 6.45) is -2.87. The Morgan fingerprint density at radius 1 is 1.00 bits per heavy atom. The Labute approximate surface area is 133 Å². The normalized spacial score (nSPS) is 12.0. The van der Waals surface area contributed by atoms with E-state index in [-0.39, 0.29) is 5.69 Å². The molecule has 0 atom stereocenters. The van der Waals surface area contributed by atoms with E-state index >= 15 is 0 Å². The number of hydrogen-bond donors (Lipinski definition) is 1. The third kappa shape index (κ3) is 2.41. The van der Waals surface area contributed by atoms with Crippen molar-refractivity contribution in [3.05, 3.63) is 60.4 Å². The van der Waals surface area contributed by atoms with Crippen LogP contribution in [0.25, 0.3) is 16.7 Å². The summed E-state index contributed by atoms with van der Waals surface area (Å²) in [6, 6.07) is 12.3. The Morgan fingerprint density at radius 3 is 2.67 bits per heavy atom. The molecule has 120 valence electrons. The number of nitrogens with zero attached hydrogens (tertiary/aromatic N) is 4. The highest BCUT2D eigenvalue weighted by Gasteiger charge is 2.30. The van der Waals surface area contributed by atoms with E-state index in [1.807, 2.05) is 24.3 Å². The largest absolute Gasteiger partial charge is 0.416 e. The van der Waals surface area contributed by atoms with E-state index in [2.05, 4.69) is 20.5 Å².